The molecule has 0 aliphatic carbocycles. The van der Waals surface area contributed by atoms with Gasteiger partial charge in [-0.2, -0.15) is 5.26 Å². The molecule has 8 heteroatoms. The van der Waals surface area contributed by atoms with Gasteiger partial charge in [0.15, 0.2) is 11.7 Å². The lowest BCUT2D eigenvalue weighted by Crippen LogP contribution is -2.29. The van der Waals surface area contributed by atoms with Crippen LogP contribution in [-0.4, -0.2) is 31.1 Å². The summed E-state index contributed by atoms with van der Waals surface area (Å²) in [7, 11) is 1.60. The first-order valence-electron chi connectivity index (χ1n) is 9.39. The number of anilines is 1. The Bertz CT molecular complexity index is 1040. The Hall–Kier alpha value is -3.86. The second-order valence-electron chi connectivity index (χ2n) is 6.40. The summed E-state index contributed by atoms with van der Waals surface area (Å²) in [5, 5.41) is 14.7. The number of aryl methyl sites for hydroxylation is 1. The highest BCUT2D eigenvalue weighted by atomic mass is 19.1. The van der Waals surface area contributed by atoms with Gasteiger partial charge in [-0.3, -0.25) is 4.79 Å². The average Bonchev–Trinajstić information content (AvgIpc) is 3.24. The molecule has 0 spiro atoms. The third-order valence-corrected chi connectivity index (χ3v) is 4.38. The van der Waals surface area contributed by atoms with Crippen LogP contribution in [0, 0.1) is 17.1 Å². The molecule has 2 N–H and O–H groups in total. The third-order valence-electron chi connectivity index (χ3n) is 4.38. The molecule has 1 aromatic heterocycles. The first kappa shape index (κ1) is 20.9. The summed E-state index contributed by atoms with van der Waals surface area (Å²) in [5.41, 5.74) is 1.23. The van der Waals surface area contributed by atoms with Crippen molar-refractivity contribution in [1.82, 2.24) is 10.3 Å². The van der Waals surface area contributed by atoms with Crippen LogP contribution in [0.15, 0.2) is 53.1 Å². The van der Waals surface area contributed by atoms with Crippen molar-refractivity contribution in [3.05, 3.63) is 65.9 Å². The second kappa shape index (κ2) is 10.1. The molecule has 3 rings (SSSR count). The van der Waals surface area contributed by atoms with Crippen LogP contribution in [0.4, 0.5) is 10.1 Å². The molecular formula is C22H21FN4O3. The lowest BCUT2D eigenvalue weighted by molar-refractivity contribution is -0.121. The maximum Gasteiger partial charge on any atom is 0.220 e. The highest BCUT2D eigenvalue weighted by molar-refractivity contribution is 5.76. The number of nitrogens with zero attached hydrogens (tertiary/aromatic N) is 2. The second-order valence-corrected chi connectivity index (χ2v) is 6.40. The number of amides is 1. The van der Waals surface area contributed by atoms with Gasteiger partial charge in [-0.15, -0.1) is 0 Å². The van der Waals surface area contributed by atoms with Crippen LogP contribution in [0.1, 0.15) is 17.9 Å². The summed E-state index contributed by atoms with van der Waals surface area (Å²) in [4.78, 5) is 16.2. The Morgan fingerprint density at radius 2 is 2.03 bits per heavy atom. The van der Waals surface area contributed by atoms with Crippen molar-refractivity contribution in [2.24, 2.45) is 0 Å². The zero-order valence-electron chi connectivity index (χ0n) is 16.4. The minimum atomic E-state index is -0.577. The van der Waals surface area contributed by atoms with E-state index in [-0.39, 0.29) is 17.9 Å². The van der Waals surface area contributed by atoms with Gasteiger partial charge in [0.2, 0.25) is 5.91 Å². The van der Waals surface area contributed by atoms with Crippen molar-refractivity contribution in [1.29, 1.82) is 5.26 Å². The molecule has 0 aliphatic rings. The van der Waals surface area contributed by atoms with E-state index < -0.39 is 5.82 Å². The maximum atomic E-state index is 13.5. The van der Waals surface area contributed by atoms with Gasteiger partial charge in [-0.05, 0) is 36.4 Å². The standard InChI is InChI=1S/C22H21FN4O3/c1-29-16-7-5-15(6-8-16)20-14-27-22(30-20)10-9-21(28)26-12-11-25-19-4-2-3-18(23)17(19)13-24/h2-8,14,25H,9-12H2,1H3,(H,26,28). The van der Waals surface area contributed by atoms with Crippen LogP contribution in [0.25, 0.3) is 11.3 Å². The first-order valence-corrected chi connectivity index (χ1v) is 9.39. The summed E-state index contributed by atoms with van der Waals surface area (Å²) < 4.78 is 24.4. The Morgan fingerprint density at radius 1 is 1.23 bits per heavy atom. The van der Waals surface area contributed by atoms with Crippen molar-refractivity contribution < 1.29 is 18.3 Å². The number of hydrogen-bond acceptors (Lipinski definition) is 6. The van der Waals surface area contributed by atoms with E-state index in [0.29, 0.717) is 36.8 Å². The van der Waals surface area contributed by atoms with Gasteiger partial charge >= 0.3 is 0 Å². The molecule has 154 valence electrons. The van der Waals surface area contributed by atoms with Gasteiger partial charge in [0.1, 0.15) is 23.2 Å². The van der Waals surface area contributed by atoms with Gasteiger partial charge < -0.3 is 19.8 Å². The van der Waals surface area contributed by atoms with Gasteiger partial charge in [-0.1, -0.05) is 6.07 Å². The topological polar surface area (TPSA) is 100 Å². The van der Waals surface area contributed by atoms with Crippen LogP contribution in [0.2, 0.25) is 0 Å². The van der Waals surface area contributed by atoms with E-state index in [1.807, 2.05) is 30.3 Å². The summed E-state index contributed by atoms with van der Waals surface area (Å²) in [6.07, 6.45) is 2.23. The van der Waals surface area contributed by atoms with E-state index in [4.69, 9.17) is 14.4 Å². The molecule has 1 amide bonds. The Morgan fingerprint density at radius 3 is 2.77 bits per heavy atom. The first-order chi connectivity index (χ1) is 14.6. The zero-order valence-corrected chi connectivity index (χ0v) is 16.4. The zero-order chi connectivity index (χ0) is 21.3. The summed E-state index contributed by atoms with van der Waals surface area (Å²) in [6.45, 7) is 0.702. The van der Waals surface area contributed by atoms with E-state index in [2.05, 4.69) is 15.6 Å². The molecule has 7 nitrogen and oxygen atoms in total. The number of ether oxygens (including phenoxy) is 1. The summed E-state index contributed by atoms with van der Waals surface area (Å²) in [6, 6.07) is 13.6. The molecule has 0 atom stereocenters. The van der Waals surface area contributed by atoms with E-state index in [0.717, 1.165) is 11.3 Å². The van der Waals surface area contributed by atoms with Crippen LogP contribution in [-0.2, 0) is 11.2 Å². The molecule has 3 aromatic rings. The van der Waals surface area contributed by atoms with Crippen molar-refractivity contribution in [2.75, 3.05) is 25.5 Å². The van der Waals surface area contributed by atoms with Crippen LogP contribution >= 0.6 is 0 Å². The fourth-order valence-corrected chi connectivity index (χ4v) is 2.81. The smallest absolute Gasteiger partial charge is 0.220 e. The number of methoxy groups -OCH3 is 1. The van der Waals surface area contributed by atoms with Crippen molar-refractivity contribution in [2.45, 2.75) is 12.8 Å². The van der Waals surface area contributed by atoms with Crippen molar-refractivity contribution in [3.63, 3.8) is 0 Å². The molecule has 0 fully saturated rings. The lowest BCUT2D eigenvalue weighted by Gasteiger charge is -2.09. The number of carbonyl (C=O) groups is 1. The number of oxazole rings is 1. The Balaban J connectivity index is 1.41. The monoisotopic (exact) mass is 408 g/mol. The fraction of sp³-hybridized carbons (Fsp3) is 0.227. The highest BCUT2D eigenvalue weighted by Gasteiger charge is 2.10. The number of rotatable bonds is 9. The van der Waals surface area contributed by atoms with Gasteiger partial charge in [-0.25, -0.2) is 9.37 Å². The number of nitrogens with one attached hydrogen (secondary N) is 2. The highest BCUT2D eigenvalue weighted by Crippen LogP contribution is 2.23. The molecule has 0 saturated carbocycles. The number of nitriles is 1. The number of carbonyl (C=O) groups excluding carboxylic acids is 1. The predicted octanol–water partition coefficient (Wildman–Crippen LogP) is 3.52. The van der Waals surface area contributed by atoms with Crippen LogP contribution in [0.5, 0.6) is 5.75 Å². The van der Waals surface area contributed by atoms with Crippen LogP contribution in [0.3, 0.4) is 0 Å². The lowest BCUT2D eigenvalue weighted by atomic mass is 10.2. The Labute approximate surface area is 173 Å². The SMILES string of the molecule is COc1ccc(-c2cnc(CCC(=O)NCCNc3cccc(F)c3C#N)o2)cc1. The normalized spacial score (nSPS) is 10.3. The summed E-state index contributed by atoms with van der Waals surface area (Å²) in [5.74, 6) is 1.13. The number of benzene rings is 2. The molecule has 0 radical (unpaired) electrons. The molecule has 2 aromatic carbocycles. The number of hydrogen-bond donors (Lipinski definition) is 2. The molecule has 30 heavy (non-hydrogen) atoms. The molecule has 0 unspecified atom stereocenters. The molecule has 1 heterocycles. The van der Waals surface area contributed by atoms with Crippen molar-refractivity contribution in [3.8, 4) is 23.1 Å². The summed E-state index contributed by atoms with van der Waals surface area (Å²) >= 11 is 0. The van der Waals surface area contributed by atoms with E-state index >= 15 is 0 Å². The van der Waals surface area contributed by atoms with Gasteiger partial charge in [0, 0.05) is 31.5 Å². The fourth-order valence-electron chi connectivity index (χ4n) is 2.81. The van der Waals surface area contributed by atoms with Gasteiger partial charge in [0.25, 0.3) is 0 Å². The third kappa shape index (κ3) is 5.35. The van der Waals surface area contributed by atoms with E-state index in [1.54, 1.807) is 19.4 Å². The van der Waals surface area contributed by atoms with Gasteiger partial charge in [0.05, 0.1) is 19.0 Å². The minimum absolute atomic E-state index is 0.0413. The molecule has 0 saturated heterocycles. The van der Waals surface area contributed by atoms with E-state index in [1.165, 1.54) is 12.1 Å². The number of aromatic nitrogens is 1. The van der Waals surface area contributed by atoms with Crippen molar-refractivity contribution >= 4 is 11.6 Å². The van der Waals surface area contributed by atoms with Crippen LogP contribution < -0.4 is 15.4 Å². The maximum absolute atomic E-state index is 13.5. The number of halogens is 1. The molecular weight excluding hydrogens is 387 g/mol. The Kier molecular flexibility index (Phi) is 7.00. The minimum Gasteiger partial charge on any atom is -0.497 e. The average molecular weight is 408 g/mol. The quantitative estimate of drug-likeness (QED) is 0.526. The largest absolute Gasteiger partial charge is 0.497 e. The molecule has 0 bridgehead atoms. The predicted molar refractivity (Wildman–Crippen MR) is 109 cm³/mol. The molecule has 0 aliphatic heterocycles. The van der Waals surface area contributed by atoms with E-state index in [9.17, 15) is 9.18 Å².